The molecule has 1 rings (SSSR count). The largest absolute Gasteiger partial charge is 0.368 e. The molecule has 1 aliphatic heterocycles. The lowest BCUT2D eigenvalue weighted by atomic mass is 10.00. The van der Waals surface area contributed by atoms with Gasteiger partial charge in [0.05, 0.1) is 0 Å². The predicted octanol–water partition coefficient (Wildman–Crippen LogP) is 7.99. The lowest BCUT2D eigenvalue weighted by Crippen LogP contribution is -2.19. The Balaban J connectivity index is 0.00000140. The number of rotatable bonds is 24. The fourth-order valence-corrected chi connectivity index (χ4v) is 4.48. The van der Waals surface area contributed by atoms with Crippen molar-refractivity contribution >= 4 is 0 Å². The molecule has 0 aliphatic carbocycles. The van der Waals surface area contributed by atoms with Crippen molar-refractivity contribution in [2.45, 2.75) is 147 Å². The van der Waals surface area contributed by atoms with E-state index in [2.05, 4.69) is 5.32 Å². The van der Waals surface area contributed by atoms with Crippen molar-refractivity contribution in [3.8, 4) is 0 Å². The standard InChI is InChI=1S/C25H55N3.C6H7N/c26-23-19-15-11-7-3-1-5-9-13-17-21-25(28)22-18-14-10-6-2-4-8-12-16-20-24-27;1-2-4-6-7-5-3-1/h25H,1-24,26-28H2;1-7H. The van der Waals surface area contributed by atoms with Gasteiger partial charge in [-0.2, -0.15) is 0 Å². The first-order chi connectivity index (χ1) is 17.3. The van der Waals surface area contributed by atoms with Gasteiger partial charge in [-0.1, -0.05) is 128 Å². The Bertz CT molecular complexity index is 433. The first-order valence-electron chi connectivity index (χ1n) is 15.2. The van der Waals surface area contributed by atoms with Crippen LogP contribution in [-0.4, -0.2) is 19.1 Å². The Hall–Kier alpha value is -1.10. The molecule has 1 heterocycles. The maximum atomic E-state index is 6.30. The number of nitrogens with two attached hydrogens (primary N) is 3. The van der Waals surface area contributed by atoms with Crippen LogP contribution >= 0.6 is 0 Å². The summed E-state index contributed by atoms with van der Waals surface area (Å²) in [4.78, 5) is 0. The van der Waals surface area contributed by atoms with E-state index in [1.54, 1.807) is 0 Å². The maximum absolute atomic E-state index is 6.30. The van der Waals surface area contributed by atoms with Gasteiger partial charge in [0, 0.05) is 18.4 Å². The van der Waals surface area contributed by atoms with Gasteiger partial charge in [0.2, 0.25) is 0 Å². The Kier molecular flexibility index (Phi) is 30.0. The Morgan fingerprint density at radius 3 is 1.00 bits per heavy atom. The summed E-state index contributed by atoms with van der Waals surface area (Å²) < 4.78 is 0. The van der Waals surface area contributed by atoms with Gasteiger partial charge in [-0.25, -0.2) is 0 Å². The van der Waals surface area contributed by atoms with Crippen molar-refractivity contribution in [2.75, 3.05) is 13.1 Å². The van der Waals surface area contributed by atoms with Crippen molar-refractivity contribution in [3.05, 3.63) is 36.7 Å². The van der Waals surface area contributed by atoms with Gasteiger partial charge in [-0.05, 0) is 50.9 Å². The van der Waals surface area contributed by atoms with Crippen LogP contribution in [0.4, 0.5) is 0 Å². The van der Waals surface area contributed by atoms with E-state index in [4.69, 9.17) is 17.2 Å². The zero-order chi connectivity index (χ0) is 25.5. The lowest BCUT2D eigenvalue weighted by Gasteiger charge is -2.11. The molecule has 7 N–H and O–H groups in total. The zero-order valence-corrected chi connectivity index (χ0v) is 23.2. The van der Waals surface area contributed by atoms with Gasteiger partial charge in [-0.15, -0.1) is 0 Å². The van der Waals surface area contributed by atoms with E-state index in [-0.39, 0.29) is 0 Å². The van der Waals surface area contributed by atoms with Gasteiger partial charge >= 0.3 is 0 Å². The van der Waals surface area contributed by atoms with Crippen molar-refractivity contribution < 1.29 is 0 Å². The third-order valence-electron chi connectivity index (χ3n) is 6.78. The third kappa shape index (κ3) is 30.9. The molecule has 0 aromatic heterocycles. The van der Waals surface area contributed by atoms with Crippen LogP contribution in [-0.2, 0) is 0 Å². The molecule has 0 fully saturated rings. The van der Waals surface area contributed by atoms with Gasteiger partial charge < -0.3 is 22.5 Å². The molecule has 0 atom stereocenters. The highest BCUT2D eigenvalue weighted by Gasteiger charge is 2.02. The molecular weight excluding hydrogens is 428 g/mol. The van der Waals surface area contributed by atoms with Gasteiger partial charge in [0.1, 0.15) is 0 Å². The molecule has 0 amide bonds. The predicted molar refractivity (Wildman–Crippen MR) is 158 cm³/mol. The average Bonchev–Trinajstić information content (AvgIpc) is 3.19. The molecule has 0 aromatic rings. The highest BCUT2D eigenvalue weighted by atomic mass is 14.8. The number of hydrogen-bond donors (Lipinski definition) is 4. The van der Waals surface area contributed by atoms with Crippen molar-refractivity contribution in [1.82, 2.24) is 5.32 Å². The Morgan fingerprint density at radius 2 is 0.686 bits per heavy atom. The van der Waals surface area contributed by atoms with Gasteiger partial charge in [0.15, 0.2) is 0 Å². The molecule has 0 saturated carbocycles. The van der Waals surface area contributed by atoms with E-state index in [1.165, 1.54) is 141 Å². The first kappa shape index (κ1) is 33.9. The summed E-state index contributed by atoms with van der Waals surface area (Å²) in [5.41, 5.74) is 17.3. The number of unbranched alkanes of at least 4 members (excludes halogenated alkanes) is 18. The summed E-state index contributed by atoms with van der Waals surface area (Å²) in [6.07, 6.45) is 41.4. The molecule has 4 heteroatoms. The minimum Gasteiger partial charge on any atom is -0.368 e. The van der Waals surface area contributed by atoms with Crippen LogP contribution in [0.3, 0.4) is 0 Å². The fraction of sp³-hybridized carbons (Fsp3) is 0.806. The first-order valence-corrected chi connectivity index (χ1v) is 15.2. The van der Waals surface area contributed by atoms with E-state index in [9.17, 15) is 0 Å². The quantitative estimate of drug-likeness (QED) is 0.103. The molecule has 4 nitrogen and oxygen atoms in total. The number of allylic oxidation sites excluding steroid dienone is 4. The molecule has 0 spiro atoms. The summed E-state index contributed by atoms with van der Waals surface area (Å²) in [6.45, 7) is 1.72. The van der Waals surface area contributed by atoms with E-state index in [1.807, 2.05) is 36.7 Å². The second kappa shape index (κ2) is 30.9. The molecule has 0 bridgehead atoms. The van der Waals surface area contributed by atoms with Gasteiger partial charge in [0.25, 0.3) is 0 Å². The summed E-state index contributed by atoms with van der Waals surface area (Å²) >= 11 is 0. The summed E-state index contributed by atoms with van der Waals surface area (Å²) in [7, 11) is 0. The molecule has 0 saturated heterocycles. The third-order valence-corrected chi connectivity index (χ3v) is 6.78. The maximum Gasteiger partial charge on any atom is 0.00388 e. The van der Waals surface area contributed by atoms with Crippen LogP contribution < -0.4 is 22.5 Å². The molecule has 35 heavy (non-hydrogen) atoms. The highest BCUT2D eigenvalue weighted by molar-refractivity contribution is 5.14. The van der Waals surface area contributed by atoms with Crippen molar-refractivity contribution in [2.24, 2.45) is 17.2 Å². The minimum absolute atomic E-state index is 0.449. The molecule has 0 radical (unpaired) electrons. The molecular formula is C31H62N4. The highest BCUT2D eigenvalue weighted by Crippen LogP contribution is 2.15. The monoisotopic (exact) mass is 490 g/mol. The van der Waals surface area contributed by atoms with Crippen molar-refractivity contribution in [3.63, 3.8) is 0 Å². The van der Waals surface area contributed by atoms with E-state index in [0.29, 0.717) is 6.04 Å². The van der Waals surface area contributed by atoms with Crippen LogP contribution in [0.15, 0.2) is 36.7 Å². The summed E-state index contributed by atoms with van der Waals surface area (Å²) in [6, 6.07) is 0.449. The topological polar surface area (TPSA) is 90.1 Å². The number of hydrogen-bond acceptors (Lipinski definition) is 4. The SMILES string of the molecule is C1=CC=CNC=C1.NCCCCCCCCCCCCC(N)CCCCCCCCCCCCN. The second-order valence-electron chi connectivity index (χ2n) is 10.3. The normalized spacial score (nSPS) is 12.5. The van der Waals surface area contributed by atoms with Crippen LogP contribution in [0.2, 0.25) is 0 Å². The van der Waals surface area contributed by atoms with E-state index >= 15 is 0 Å². The zero-order valence-electron chi connectivity index (χ0n) is 23.2. The van der Waals surface area contributed by atoms with Crippen LogP contribution in [0, 0.1) is 0 Å². The van der Waals surface area contributed by atoms with Gasteiger partial charge in [-0.3, -0.25) is 0 Å². The minimum atomic E-state index is 0.449. The Morgan fingerprint density at radius 1 is 0.400 bits per heavy atom. The fourth-order valence-electron chi connectivity index (χ4n) is 4.48. The molecule has 0 aromatic carbocycles. The molecule has 0 unspecified atom stereocenters. The average molecular weight is 491 g/mol. The number of nitrogens with one attached hydrogen (secondary N) is 1. The Labute approximate surface area is 219 Å². The summed E-state index contributed by atoms with van der Waals surface area (Å²) in [5.74, 6) is 0. The van der Waals surface area contributed by atoms with Crippen LogP contribution in [0.25, 0.3) is 0 Å². The van der Waals surface area contributed by atoms with Crippen molar-refractivity contribution in [1.29, 1.82) is 0 Å². The smallest absolute Gasteiger partial charge is 0.00388 e. The summed E-state index contributed by atoms with van der Waals surface area (Å²) in [5, 5.41) is 2.92. The molecule has 206 valence electrons. The van der Waals surface area contributed by atoms with Crippen LogP contribution in [0.1, 0.15) is 141 Å². The molecule has 1 aliphatic rings. The lowest BCUT2D eigenvalue weighted by molar-refractivity contribution is 0.478. The van der Waals surface area contributed by atoms with E-state index in [0.717, 1.165) is 13.1 Å². The second-order valence-corrected chi connectivity index (χ2v) is 10.3. The van der Waals surface area contributed by atoms with E-state index < -0.39 is 0 Å². The van der Waals surface area contributed by atoms with Crippen LogP contribution in [0.5, 0.6) is 0 Å².